The minimum Gasteiger partial charge on any atom is -0.488 e. The summed E-state index contributed by atoms with van der Waals surface area (Å²) in [4.78, 5) is 9.76. The lowest BCUT2D eigenvalue weighted by molar-refractivity contribution is -0.385. The molecular weight excluding hydrogens is 229 g/mol. The van der Waals surface area contributed by atoms with Gasteiger partial charge in [0.1, 0.15) is 6.61 Å². The Morgan fingerprint density at radius 1 is 1.59 bits per heavy atom. The van der Waals surface area contributed by atoms with E-state index in [1.165, 1.54) is 12.1 Å². The third kappa shape index (κ3) is 2.91. The Morgan fingerprint density at radius 2 is 2.41 bits per heavy atom. The molecule has 6 heteroatoms. The van der Waals surface area contributed by atoms with Crippen molar-refractivity contribution in [2.45, 2.75) is 18.9 Å². The van der Waals surface area contributed by atoms with Crippen molar-refractivity contribution in [1.82, 2.24) is 0 Å². The highest BCUT2D eigenvalue weighted by molar-refractivity contribution is 5.37. The predicted molar refractivity (Wildman–Crippen MR) is 57.5 cm³/mol. The van der Waals surface area contributed by atoms with E-state index in [4.69, 9.17) is 9.47 Å². The van der Waals surface area contributed by atoms with Gasteiger partial charge in [0.15, 0.2) is 11.6 Å². The standard InChI is InChI=1S/C11H12FNO4/c12-10-6-8(13(14)15)3-4-11(10)17-7-9-2-1-5-16-9/h3-4,6,9H,1-2,5,7H2/t9-/m1/s1. The molecule has 92 valence electrons. The number of rotatable bonds is 4. The zero-order valence-electron chi connectivity index (χ0n) is 9.10. The van der Waals surface area contributed by atoms with E-state index in [1.54, 1.807) is 0 Å². The minimum atomic E-state index is -0.725. The highest BCUT2D eigenvalue weighted by Crippen LogP contribution is 2.23. The third-order valence-corrected chi connectivity index (χ3v) is 2.58. The normalized spacial score (nSPS) is 19.2. The number of halogens is 1. The summed E-state index contributed by atoms with van der Waals surface area (Å²) in [5.41, 5.74) is -0.285. The van der Waals surface area contributed by atoms with E-state index < -0.39 is 10.7 Å². The van der Waals surface area contributed by atoms with Crippen molar-refractivity contribution in [3.63, 3.8) is 0 Å². The van der Waals surface area contributed by atoms with Crippen molar-refractivity contribution in [3.05, 3.63) is 34.1 Å². The van der Waals surface area contributed by atoms with Crippen LogP contribution in [0, 0.1) is 15.9 Å². The maximum absolute atomic E-state index is 13.4. The molecule has 0 radical (unpaired) electrons. The Balaban J connectivity index is 1.98. The van der Waals surface area contributed by atoms with E-state index in [1.807, 2.05) is 0 Å². The van der Waals surface area contributed by atoms with Gasteiger partial charge in [-0.3, -0.25) is 10.1 Å². The molecule has 2 rings (SSSR count). The van der Waals surface area contributed by atoms with Crippen LogP contribution in [0.5, 0.6) is 5.75 Å². The van der Waals surface area contributed by atoms with E-state index in [-0.39, 0.29) is 24.1 Å². The molecule has 1 saturated heterocycles. The first-order valence-corrected chi connectivity index (χ1v) is 5.35. The lowest BCUT2D eigenvalue weighted by Gasteiger charge is -2.11. The van der Waals surface area contributed by atoms with Gasteiger partial charge in [0.2, 0.25) is 0 Å². The van der Waals surface area contributed by atoms with Gasteiger partial charge < -0.3 is 9.47 Å². The number of hydrogen-bond donors (Lipinski definition) is 0. The number of non-ortho nitro benzene ring substituents is 1. The van der Waals surface area contributed by atoms with Gasteiger partial charge in [-0.05, 0) is 18.9 Å². The van der Waals surface area contributed by atoms with Crippen LogP contribution in [-0.4, -0.2) is 24.2 Å². The SMILES string of the molecule is O=[N+]([O-])c1ccc(OC[C@H]2CCCO2)c(F)c1. The molecule has 1 fully saturated rings. The van der Waals surface area contributed by atoms with Crippen LogP contribution >= 0.6 is 0 Å². The van der Waals surface area contributed by atoms with E-state index in [0.717, 1.165) is 18.9 Å². The highest BCUT2D eigenvalue weighted by atomic mass is 19.1. The number of ether oxygens (including phenoxy) is 2. The summed E-state index contributed by atoms with van der Waals surface area (Å²) in [6.07, 6.45) is 1.87. The topological polar surface area (TPSA) is 61.6 Å². The molecule has 0 bridgehead atoms. The number of nitrogens with zero attached hydrogens (tertiary/aromatic N) is 1. The average molecular weight is 241 g/mol. The lowest BCUT2D eigenvalue weighted by Crippen LogP contribution is -2.16. The maximum Gasteiger partial charge on any atom is 0.272 e. The van der Waals surface area contributed by atoms with Gasteiger partial charge in [-0.1, -0.05) is 0 Å². The average Bonchev–Trinajstić information content (AvgIpc) is 2.80. The van der Waals surface area contributed by atoms with Gasteiger partial charge in [-0.2, -0.15) is 0 Å². The van der Waals surface area contributed by atoms with Gasteiger partial charge in [0, 0.05) is 12.7 Å². The van der Waals surface area contributed by atoms with Crippen molar-refractivity contribution in [2.24, 2.45) is 0 Å². The first-order valence-electron chi connectivity index (χ1n) is 5.35. The molecule has 1 aromatic carbocycles. The Kier molecular flexibility index (Phi) is 3.53. The number of benzene rings is 1. The molecule has 1 aliphatic rings. The molecule has 17 heavy (non-hydrogen) atoms. The summed E-state index contributed by atoms with van der Waals surface area (Å²) >= 11 is 0. The summed E-state index contributed by atoms with van der Waals surface area (Å²) in [7, 11) is 0. The monoisotopic (exact) mass is 241 g/mol. The third-order valence-electron chi connectivity index (χ3n) is 2.58. The molecular formula is C11H12FNO4. The van der Waals surface area contributed by atoms with E-state index in [2.05, 4.69) is 0 Å². The Bertz CT molecular complexity index is 418. The van der Waals surface area contributed by atoms with Crippen molar-refractivity contribution >= 4 is 5.69 Å². The lowest BCUT2D eigenvalue weighted by atomic mass is 10.2. The molecule has 0 saturated carbocycles. The van der Waals surface area contributed by atoms with Gasteiger partial charge in [-0.15, -0.1) is 0 Å². The molecule has 1 heterocycles. The summed E-state index contributed by atoms with van der Waals surface area (Å²) in [5, 5.41) is 10.4. The number of hydrogen-bond acceptors (Lipinski definition) is 4. The zero-order valence-corrected chi connectivity index (χ0v) is 9.10. The summed E-state index contributed by atoms with van der Waals surface area (Å²) in [6.45, 7) is 0.978. The first-order chi connectivity index (χ1) is 8.16. The molecule has 1 aliphatic heterocycles. The van der Waals surface area contributed by atoms with Crippen LogP contribution < -0.4 is 4.74 Å². The maximum atomic E-state index is 13.4. The molecule has 0 amide bonds. The first kappa shape index (κ1) is 11.8. The molecule has 0 N–H and O–H groups in total. The second-order valence-electron chi connectivity index (χ2n) is 3.82. The smallest absolute Gasteiger partial charge is 0.272 e. The van der Waals surface area contributed by atoms with Gasteiger partial charge in [0.25, 0.3) is 5.69 Å². The van der Waals surface area contributed by atoms with Gasteiger partial charge in [0.05, 0.1) is 17.1 Å². The van der Waals surface area contributed by atoms with Crippen LogP contribution in [-0.2, 0) is 4.74 Å². The second kappa shape index (κ2) is 5.09. The minimum absolute atomic E-state index is 0.00964. The molecule has 1 atom stereocenters. The second-order valence-corrected chi connectivity index (χ2v) is 3.82. The molecule has 1 aromatic rings. The van der Waals surface area contributed by atoms with Crippen molar-refractivity contribution in [2.75, 3.05) is 13.2 Å². The Morgan fingerprint density at radius 3 is 3.00 bits per heavy atom. The fourth-order valence-corrected chi connectivity index (χ4v) is 1.68. The van der Waals surface area contributed by atoms with Crippen LogP contribution in [0.3, 0.4) is 0 Å². The van der Waals surface area contributed by atoms with Crippen LogP contribution in [0.25, 0.3) is 0 Å². The van der Waals surface area contributed by atoms with Crippen molar-refractivity contribution in [1.29, 1.82) is 0 Å². The highest BCUT2D eigenvalue weighted by Gasteiger charge is 2.17. The van der Waals surface area contributed by atoms with Gasteiger partial charge >= 0.3 is 0 Å². The van der Waals surface area contributed by atoms with Crippen molar-refractivity contribution < 1.29 is 18.8 Å². The quantitative estimate of drug-likeness (QED) is 0.599. The van der Waals surface area contributed by atoms with Gasteiger partial charge in [-0.25, -0.2) is 4.39 Å². The van der Waals surface area contributed by atoms with Crippen molar-refractivity contribution in [3.8, 4) is 5.75 Å². The Hall–Kier alpha value is -1.69. The number of nitro groups is 1. The van der Waals surface area contributed by atoms with Crippen LogP contribution in [0.15, 0.2) is 18.2 Å². The fraction of sp³-hybridized carbons (Fsp3) is 0.455. The summed E-state index contributed by atoms with van der Waals surface area (Å²) < 4.78 is 24.0. The zero-order chi connectivity index (χ0) is 12.3. The largest absolute Gasteiger partial charge is 0.488 e. The van der Waals surface area contributed by atoms with E-state index in [0.29, 0.717) is 6.61 Å². The number of nitro benzene ring substituents is 1. The van der Waals surface area contributed by atoms with E-state index >= 15 is 0 Å². The molecule has 0 aliphatic carbocycles. The Labute approximate surface area is 97.3 Å². The predicted octanol–water partition coefficient (Wildman–Crippen LogP) is 2.29. The summed E-state index contributed by atoms with van der Waals surface area (Å²) in [5.74, 6) is -0.705. The summed E-state index contributed by atoms with van der Waals surface area (Å²) in [6, 6.07) is 3.33. The van der Waals surface area contributed by atoms with Crippen LogP contribution in [0.2, 0.25) is 0 Å². The fourth-order valence-electron chi connectivity index (χ4n) is 1.68. The molecule has 5 nitrogen and oxygen atoms in total. The molecule has 0 unspecified atom stereocenters. The van der Waals surface area contributed by atoms with Crippen LogP contribution in [0.4, 0.5) is 10.1 Å². The molecule has 0 aromatic heterocycles. The molecule has 0 spiro atoms. The van der Waals surface area contributed by atoms with E-state index in [9.17, 15) is 14.5 Å². The van der Waals surface area contributed by atoms with Crippen LogP contribution in [0.1, 0.15) is 12.8 Å².